The lowest BCUT2D eigenvalue weighted by Gasteiger charge is -2.37. The molecule has 1 atom stereocenters. The van der Waals surface area contributed by atoms with E-state index in [1.165, 1.54) is 12.1 Å². The Labute approximate surface area is 260 Å². The first-order valence-electron chi connectivity index (χ1n) is 16.1. The first-order chi connectivity index (χ1) is 21.4. The standard InChI is InChI=1S/C34H40F4N6O/c1-22-24-8-7-9-26(18-24)34(37,38)25-10-16-43(17-11-25)21-33(35,36)12-5-3-4-6-15-44-30-27(29(40-22)41-23(2)42-30)19-28(31(44)45)32(20-39)13-14-32/h7-9,18-19,22,25H,3-6,10-17,21H2,1-2H3,(H,40,41,42)/t22-/m1/s1. The van der Waals surface area contributed by atoms with E-state index in [-0.39, 0.29) is 43.5 Å². The van der Waals surface area contributed by atoms with Crippen molar-refractivity contribution in [1.29, 1.82) is 5.26 Å². The highest BCUT2D eigenvalue weighted by Crippen LogP contribution is 2.47. The molecule has 2 fully saturated rings. The van der Waals surface area contributed by atoms with Crippen LogP contribution < -0.4 is 10.9 Å². The Morgan fingerprint density at radius 2 is 1.71 bits per heavy atom. The van der Waals surface area contributed by atoms with E-state index in [4.69, 9.17) is 0 Å². The molecule has 0 amide bonds. The van der Waals surface area contributed by atoms with Crippen molar-refractivity contribution in [2.24, 2.45) is 5.92 Å². The van der Waals surface area contributed by atoms with E-state index in [0.717, 1.165) is 0 Å². The van der Waals surface area contributed by atoms with Gasteiger partial charge in [-0.2, -0.15) is 5.26 Å². The van der Waals surface area contributed by atoms with E-state index in [1.54, 1.807) is 34.6 Å². The molecule has 0 unspecified atom stereocenters. The van der Waals surface area contributed by atoms with Crippen LogP contribution in [0.1, 0.15) is 93.3 Å². The number of halogens is 4. The molecular weight excluding hydrogens is 584 g/mol. The highest BCUT2D eigenvalue weighted by atomic mass is 19.3. The summed E-state index contributed by atoms with van der Waals surface area (Å²) < 4.78 is 63.1. The zero-order valence-electron chi connectivity index (χ0n) is 25.9. The summed E-state index contributed by atoms with van der Waals surface area (Å²) in [5, 5.41) is 13.9. The van der Waals surface area contributed by atoms with Crippen molar-refractivity contribution in [2.45, 2.75) is 101 Å². The van der Waals surface area contributed by atoms with E-state index in [2.05, 4.69) is 21.4 Å². The Morgan fingerprint density at radius 3 is 2.42 bits per heavy atom. The van der Waals surface area contributed by atoms with Crippen LogP contribution in [-0.2, 0) is 17.9 Å². The topological polar surface area (TPSA) is 86.8 Å². The second-order valence-electron chi connectivity index (χ2n) is 13.3. The molecule has 45 heavy (non-hydrogen) atoms. The molecule has 1 N–H and O–H groups in total. The summed E-state index contributed by atoms with van der Waals surface area (Å²) in [5.74, 6) is -6.05. The summed E-state index contributed by atoms with van der Waals surface area (Å²) >= 11 is 0. The van der Waals surface area contributed by atoms with E-state index in [9.17, 15) is 18.8 Å². The maximum Gasteiger partial charge on any atom is 0.276 e. The smallest absolute Gasteiger partial charge is 0.276 e. The molecule has 0 spiro atoms. The van der Waals surface area contributed by atoms with Gasteiger partial charge in [-0.1, -0.05) is 31.0 Å². The molecule has 2 aromatic heterocycles. The minimum absolute atomic E-state index is 0.0934. The van der Waals surface area contributed by atoms with Gasteiger partial charge in [0.1, 0.15) is 17.3 Å². The summed E-state index contributed by atoms with van der Waals surface area (Å²) in [4.78, 5) is 24.7. The fourth-order valence-electron chi connectivity index (χ4n) is 6.99. The maximum absolute atomic E-state index is 15.9. The lowest BCUT2D eigenvalue weighted by atomic mass is 9.85. The number of alkyl halides is 4. The fourth-order valence-corrected chi connectivity index (χ4v) is 6.99. The predicted octanol–water partition coefficient (Wildman–Crippen LogP) is 7.23. The van der Waals surface area contributed by atoms with Crippen LogP contribution in [-0.4, -0.2) is 45.0 Å². The van der Waals surface area contributed by atoms with Gasteiger partial charge in [-0.05, 0) is 83.2 Å². The van der Waals surface area contributed by atoms with Gasteiger partial charge in [0.2, 0.25) is 0 Å². The first kappa shape index (κ1) is 31.5. The summed E-state index contributed by atoms with van der Waals surface area (Å²) in [5.41, 5.74) is 0.259. The molecule has 3 aliphatic heterocycles. The Balaban J connectivity index is 1.41. The average molecular weight is 625 g/mol. The van der Waals surface area contributed by atoms with Crippen molar-refractivity contribution < 1.29 is 17.6 Å². The molecule has 4 aliphatic rings. The molecule has 7 nitrogen and oxygen atoms in total. The summed E-state index contributed by atoms with van der Waals surface area (Å²) in [7, 11) is 0. The second kappa shape index (κ2) is 12.0. The Bertz CT molecular complexity index is 1670. The first-order valence-corrected chi connectivity index (χ1v) is 16.1. The van der Waals surface area contributed by atoms with Crippen LogP contribution in [0.3, 0.4) is 0 Å². The number of piperidine rings is 1. The molecule has 0 radical (unpaired) electrons. The Hall–Kier alpha value is -3.52. The number of nitrogens with one attached hydrogen (secondary N) is 1. The van der Waals surface area contributed by atoms with E-state index >= 15 is 8.78 Å². The summed E-state index contributed by atoms with van der Waals surface area (Å²) in [6.07, 6.45) is 3.38. The zero-order valence-corrected chi connectivity index (χ0v) is 25.9. The third-order valence-electron chi connectivity index (χ3n) is 9.89. The minimum Gasteiger partial charge on any atom is -0.363 e. The number of rotatable bonds is 1. The molecule has 8 bridgehead atoms. The van der Waals surface area contributed by atoms with E-state index in [0.29, 0.717) is 78.9 Å². The monoisotopic (exact) mass is 624 g/mol. The lowest BCUT2D eigenvalue weighted by molar-refractivity contribution is -0.0974. The largest absolute Gasteiger partial charge is 0.363 e. The Morgan fingerprint density at radius 1 is 0.978 bits per heavy atom. The summed E-state index contributed by atoms with van der Waals surface area (Å²) in [6, 6.07) is 9.97. The number of aryl methyl sites for hydroxylation is 2. The quantitative estimate of drug-likeness (QED) is 0.288. The van der Waals surface area contributed by atoms with Gasteiger partial charge in [-0.3, -0.25) is 14.3 Å². The van der Waals surface area contributed by atoms with E-state index in [1.807, 2.05) is 6.92 Å². The van der Waals surface area contributed by atoms with Crippen LogP contribution in [0.15, 0.2) is 35.1 Å². The molecule has 240 valence electrons. The van der Waals surface area contributed by atoms with Gasteiger partial charge in [-0.15, -0.1) is 0 Å². The number of benzene rings is 1. The number of aromatic nitrogens is 3. The molecule has 1 saturated carbocycles. The Kier molecular flexibility index (Phi) is 8.40. The molecular formula is C34H40F4N6O. The van der Waals surface area contributed by atoms with Crippen molar-refractivity contribution in [3.8, 4) is 6.07 Å². The summed E-state index contributed by atoms with van der Waals surface area (Å²) in [6.45, 7) is 3.95. The van der Waals surface area contributed by atoms with Crippen LogP contribution in [0, 0.1) is 24.2 Å². The fraction of sp³-hybridized carbons (Fsp3) is 0.588. The molecule has 7 rings (SSSR count). The third-order valence-corrected chi connectivity index (χ3v) is 9.89. The normalized spacial score (nSPS) is 26.3. The van der Waals surface area contributed by atoms with Gasteiger partial charge < -0.3 is 5.32 Å². The van der Waals surface area contributed by atoms with Gasteiger partial charge in [0.25, 0.3) is 17.4 Å². The number of nitriles is 1. The van der Waals surface area contributed by atoms with Crippen LogP contribution in [0.2, 0.25) is 0 Å². The highest BCUT2D eigenvalue weighted by molar-refractivity contribution is 5.88. The second-order valence-corrected chi connectivity index (χ2v) is 13.3. The zero-order chi connectivity index (χ0) is 32.0. The average Bonchev–Trinajstić information content (AvgIpc) is 3.80. The molecule has 1 saturated heterocycles. The van der Waals surface area contributed by atoms with Gasteiger partial charge in [0.15, 0.2) is 0 Å². The van der Waals surface area contributed by atoms with Crippen LogP contribution in [0.5, 0.6) is 0 Å². The van der Waals surface area contributed by atoms with Crippen LogP contribution in [0.4, 0.5) is 23.4 Å². The van der Waals surface area contributed by atoms with Crippen LogP contribution in [0.25, 0.3) is 11.0 Å². The minimum atomic E-state index is -3.11. The van der Waals surface area contributed by atoms with Crippen molar-refractivity contribution in [1.82, 2.24) is 19.4 Å². The van der Waals surface area contributed by atoms with Gasteiger partial charge >= 0.3 is 0 Å². The number of hydrogen-bond acceptors (Lipinski definition) is 6. The number of anilines is 1. The van der Waals surface area contributed by atoms with Crippen molar-refractivity contribution in [3.05, 3.63) is 63.2 Å². The number of pyridine rings is 1. The van der Waals surface area contributed by atoms with Crippen molar-refractivity contribution >= 4 is 16.9 Å². The van der Waals surface area contributed by atoms with E-state index < -0.39 is 35.8 Å². The molecule has 1 aliphatic carbocycles. The lowest BCUT2D eigenvalue weighted by Crippen LogP contribution is -2.44. The third kappa shape index (κ3) is 6.31. The number of fused-ring (bicyclic) bond motifs is 10. The van der Waals surface area contributed by atoms with Gasteiger partial charge in [-0.25, -0.2) is 27.5 Å². The maximum atomic E-state index is 15.9. The van der Waals surface area contributed by atoms with Crippen LogP contribution >= 0.6 is 0 Å². The van der Waals surface area contributed by atoms with Crippen molar-refractivity contribution in [3.63, 3.8) is 0 Å². The van der Waals surface area contributed by atoms with Crippen molar-refractivity contribution in [2.75, 3.05) is 25.0 Å². The van der Waals surface area contributed by atoms with Gasteiger partial charge in [0.05, 0.1) is 23.4 Å². The molecule has 11 heteroatoms. The number of nitrogens with zero attached hydrogens (tertiary/aromatic N) is 5. The molecule has 3 aromatic rings. The number of hydrogen-bond donors (Lipinski definition) is 1. The van der Waals surface area contributed by atoms with Gasteiger partial charge in [0, 0.05) is 36.1 Å². The predicted molar refractivity (Wildman–Crippen MR) is 165 cm³/mol. The molecule has 1 aromatic carbocycles. The molecule has 5 heterocycles. The highest BCUT2D eigenvalue weighted by Gasteiger charge is 2.48. The SMILES string of the molecule is Cc1nc2c3cc(C4(C#N)CC4)c(=O)n(c3n1)CCCCCCC(F)(F)CN1CCC(CC1)C(F)(F)c1cccc(c1)[C@@H](C)N2.